The van der Waals surface area contributed by atoms with E-state index in [2.05, 4.69) is 5.32 Å². The van der Waals surface area contributed by atoms with Gasteiger partial charge in [-0.05, 0) is 12.1 Å². The van der Waals surface area contributed by atoms with Crippen molar-refractivity contribution in [3.63, 3.8) is 0 Å². The summed E-state index contributed by atoms with van der Waals surface area (Å²) in [5.74, 6) is -1.78. The number of aliphatic carboxylic acids is 1. The highest BCUT2D eigenvalue weighted by atomic mass is 16.7. The highest BCUT2D eigenvalue weighted by Gasteiger charge is 2.48. The van der Waals surface area contributed by atoms with Crippen molar-refractivity contribution in [2.24, 2.45) is 0 Å². The van der Waals surface area contributed by atoms with Crippen molar-refractivity contribution >= 4 is 16.7 Å². The Hall–Kier alpha value is -2.47. The molecule has 0 aliphatic carbocycles. The van der Waals surface area contributed by atoms with Crippen LogP contribution in [0.3, 0.4) is 0 Å². The van der Waals surface area contributed by atoms with Crippen LogP contribution in [0.4, 0.5) is 0 Å². The van der Waals surface area contributed by atoms with Gasteiger partial charge in [0.25, 0.3) is 0 Å². The summed E-state index contributed by atoms with van der Waals surface area (Å²) in [6, 6.07) is 8.05. The van der Waals surface area contributed by atoms with Crippen LogP contribution in [0.25, 0.3) is 10.8 Å². The van der Waals surface area contributed by atoms with E-state index in [9.17, 15) is 30.3 Å². The quantitative estimate of drug-likeness (QED) is 0.300. The van der Waals surface area contributed by atoms with E-state index >= 15 is 0 Å². The first-order chi connectivity index (χ1) is 17.0. The van der Waals surface area contributed by atoms with Crippen molar-refractivity contribution in [2.45, 2.75) is 56.7 Å². The molecule has 2 aromatic carbocycles. The summed E-state index contributed by atoms with van der Waals surface area (Å²) in [4.78, 5) is 11.4. The molecule has 0 spiro atoms. The Kier molecular flexibility index (Phi) is 5.87. The zero-order valence-corrected chi connectivity index (χ0v) is 17.3. The van der Waals surface area contributed by atoms with Crippen LogP contribution in [0.2, 0.25) is 0 Å². The van der Waals surface area contributed by atoms with E-state index in [0.717, 1.165) is 0 Å². The number of ether oxygens (including phenoxy) is 3. The minimum Gasteiger partial charge on any atom is -0.490 e. The molecular formula is C22H29NO9. The number of nitrogens with one attached hydrogen (secondary N) is 1. The first kappa shape index (κ1) is 18.0. The number of benzene rings is 2. The number of rotatable bonds is 9. The Bertz CT molecular complexity index is 1130. The monoisotopic (exact) mass is 456 g/mol. The predicted molar refractivity (Wildman–Crippen MR) is 114 cm³/mol. The largest absolute Gasteiger partial charge is 0.490 e. The Balaban J connectivity index is 1.95. The lowest BCUT2D eigenvalue weighted by Gasteiger charge is -2.38. The molecule has 1 fully saturated rings. The molecule has 10 heteroatoms. The molecule has 1 heterocycles. The third kappa shape index (κ3) is 5.47. The second-order valence-electron chi connectivity index (χ2n) is 7.44. The highest BCUT2D eigenvalue weighted by Crippen LogP contribution is 2.35. The van der Waals surface area contributed by atoms with Gasteiger partial charge in [0.15, 0.2) is 6.10 Å². The van der Waals surface area contributed by atoms with Crippen LogP contribution in [0.15, 0.2) is 36.4 Å². The summed E-state index contributed by atoms with van der Waals surface area (Å²) < 4.78 is 56.4. The van der Waals surface area contributed by atoms with Crippen molar-refractivity contribution in [3.05, 3.63) is 36.4 Å². The minimum absolute atomic E-state index is 0.00164. The standard InChI is InChI=1S/C22H29NO9/c1-11(2)23-9-12(24)10-30-15-7-8-16(14-6-4-3-5-13(14)15)31-22-19(27)17(25)18(26)20(32-22)21(28)29/h3-8,11-12,17-20,22-27H,9-10H2,1-2H3,(H,28,29)/i9D2,10D2,12D. The molecular weight excluding hydrogens is 422 g/mol. The average Bonchev–Trinajstić information content (AvgIpc) is 2.79. The second-order valence-corrected chi connectivity index (χ2v) is 7.44. The molecule has 1 saturated heterocycles. The fraction of sp³-hybridized carbons (Fsp3) is 0.500. The van der Waals surface area contributed by atoms with Gasteiger partial charge in [0.05, 0.1) is 4.11 Å². The summed E-state index contributed by atoms with van der Waals surface area (Å²) in [7, 11) is 0. The molecule has 1 aliphatic rings. The van der Waals surface area contributed by atoms with Crippen LogP contribution < -0.4 is 14.8 Å². The molecule has 3 rings (SSSR count). The third-order valence-corrected chi connectivity index (χ3v) is 4.64. The summed E-state index contributed by atoms with van der Waals surface area (Å²) in [6.45, 7) is -3.06. The molecule has 10 nitrogen and oxygen atoms in total. The summed E-state index contributed by atoms with van der Waals surface area (Å²) >= 11 is 0. The van der Waals surface area contributed by atoms with Gasteiger partial charge in [-0.3, -0.25) is 0 Å². The zero-order chi connectivity index (χ0) is 27.9. The molecule has 32 heavy (non-hydrogen) atoms. The fourth-order valence-electron chi connectivity index (χ4n) is 3.05. The number of hydrogen-bond donors (Lipinski definition) is 6. The predicted octanol–water partition coefficient (Wildman–Crippen LogP) is -0.151. The number of carboxylic acid groups (broad SMARTS) is 1. The molecule has 0 aromatic heterocycles. The lowest BCUT2D eigenvalue weighted by molar-refractivity contribution is -0.270. The summed E-state index contributed by atoms with van der Waals surface area (Å²) in [6.07, 6.45) is -12.6. The van der Waals surface area contributed by atoms with Gasteiger partial charge in [0, 0.05) is 26.1 Å². The summed E-state index contributed by atoms with van der Waals surface area (Å²) in [5.41, 5.74) is 0. The van der Waals surface area contributed by atoms with E-state index in [4.69, 9.17) is 21.1 Å². The van der Waals surface area contributed by atoms with E-state index in [1.165, 1.54) is 24.3 Å². The second kappa shape index (κ2) is 10.4. The number of aliphatic hydroxyl groups excluding tert-OH is 3. The topological polar surface area (TPSA) is 158 Å². The van der Waals surface area contributed by atoms with E-state index < -0.39 is 61.9 Å². The average molecular weight is 457 g/mol. The molecule has 6 atom stereocenters. The fourth-order valence-corrected chi connectivity index (χ4v) is 3.05. The van der Waals surface area contributed by atoms with Gasteiger partial charge in [0.1, 0.15) is 42.4 Å². The van der Waals surface area contributed by atoms with E-state index in [1.54, 1.807) is 26.0 Å². The van der Waals surface area contributed by atoms with Gasteiger partial charge in [-0.25, -0.2) is 4.79 Å². The van der Waals surface area contributed by atoms with Crippen molar-refractivity contribution < 1.29 is 51.4 Å². The zero-order valence-electron chi connectivity index (χ0n) is 22.3. The number of aliphatic hydroxyl groups is 4. The molecule has 0 radical (unpaired) electrons. The maximum Gasteiger partial charge on any atom is 0.335 e. The molecule has 0 amide bonds. The molecule has 176 valence electrons. The first-order valence-electron chi connectivity index (χ1n) is 12.3. The Labute approximate surface area is 192 Å². The first-order valence-corrected chi connectivity index (χ1v) is 9.80. The van der Waals surface area contributed by atoms with Gasteiger partial charge >= 0.3 is 5.97 Å². The number of fused-ring (bicyclic) bond motifs is 1. The Morgan fingerprint density at radius 3 is 2.38 bits per heavy atom. The molecule has 6 unspecified atom stereocenters. The van der Waals surface area contributed by atoms with Gasteiger partial charge < -0.3 is 45.1 Å². The SMILES string of the molecule is [2H]C([2H])(NC(C)C)C([2H])(O)C([2H])([2H])Oc1ccc(OC2OC(C(=O)O)C(O)C(O)C2O)c2ccccc12. The van der Waals surface area contributed by atoms with Crippen molar-refractivity contribution in [1.82, 2.24) is 5.32 Å². The van der Waals surface area contributed by atoms with Gasteiger partial charge in [-0.2, -0.15) is 0 Å². The van der Waals surface area contributed by atoms with Crippen LogP contribution >= 0.6 is 0 Å². The normalized spacial score (nSPS) is 31.0. The molecule has 0 bridgehead atoms. The van der Waals surface area contributed by atoms with Gasteiger partial charge in [-0.1, -0.05) is 38.1 Å². The van der Waals surface area contributed by atoms with Crippen LogP contribution in [0.5, 0.6) is 11.5 Å². The lowest BCUT2D eigenvalue weighted by Crippen LogP contribution is -2.61. The number of hydrogen-bond acceptors (Lipinski definition) is 9. The number of carbonyl (C=O) groups is 1. The Morgan fingerprint density at radius 1 is 1.12 bits per heavy atom. The maximum atomic E-state index is 11.4. The van der Waals surface area contributed by atoms with Crippen LogP contribution in [-0.2, 0) is 9.53 Å². The van der Waals surface area contributed by atoms with Crippen molar-refractivity contribution in [3.8, 4) is 11.5 Å². The van der Waals surface area contributed by atoms with Crippen LogP contribution in [0.1, 0.15) is 20.7 Å². The molecule has 6 N–H and O–H groups in total. The smallest absolute Gasteiger partial charge is 0.335 e. The van der Waals surface area contributed by atoms with E-state index in [-0.39, 0.29) is 22.3 Å². The van der Waals surface area contributed by atoms with E-state index in [0.29, 0.717) is 0 Å². The van der Waals surface area contributed by atoms with Crippen molar-refractivity contribution in [1.29, 1.82) is 0 Å². The van der Waals surface area contributed by atoms with E-state index in [1.807, 2.05) is 0 Å². The molecule has 1 aliphatic heterocycles. The minimum atomic E-state index is -3.40. The lowest BCUT2D eigenvalue weighted by atomic mass is 9.99. The van der Waals surface area contributed by atoms with Gasteiger partial charge in [0.2, 0.25) is 6.29 Å². The number of carboxylic acids is 1. The summed E-state index contributed by atoms with van der Waals surface area (Å²) in [5, 5.41) is 52.7. The highest BCUT2D eigenvalue weighted by molar-refractivity contribution is 5.93. The molecule has 2 aromatic rings. The van der Waals surface area contributed by atoms with Gasteiger partial charge in [-0.15, -0.1) is 0 Å². The Morgan fingerprint density at radius 2 is 1.75 bits per heavy atom. The van der Waals surface area contributed by atoms with Crippen LogP contribution in [-0.4, -0.2) is 87.4 Å². The van der Waals surface area contributed by atoms with Crippen LogP contribution in [0, 0.1) is 0 Å². The third-order valence-electron chi connectivity index (χ3n) is 4.64. The maximum absolute atomic E-state index is 11.4. The molecule has 0 saturated carbocycles. The van der Waals surface area contributed by atoms with Crippen molar-refractivity contribution in [2.75, 3.05) is 13.1 Å².